The van der Waals surface area contributed by atoms with Crippen LogP contribution in [0.15, 0.2) is 54.7 Å². The monoisotopic (exact) mass is 388 g/mol. The summed E-state index contributed by atoms with van der Waals surface area (Å²) in [6.07, 6.45) is 1.83. The number of rotatable bonds is 4. The molecule has 1 N–H and O–H groups in total. The van der Waals surface area contributed by atoms with Gasteiger partial charge in [-0.25, -0.2) is 4.98 Å². The van der Waals surface area contributed by atoms with E-state index in [1.807, 2.05) is 60.5 Å². The second-order valence-corrected chi connectivity index (χ2v) is 8.14. The number of nitrogens with zero attached hydrogens (tertiary/aromatic N) is 5. The first kappa shape index (κ1) is 18.0. The maximum absolute atomic E-state index is 13.1. The zero-order chi connectivity index (χ0) is 19.8. The third kappa shape index (κ3) is 3.21. The van der Waals surface area contributed by atoms with Gasteiger partial charge in [0.25, 0.3) is 5.91 Å². The number of aromatic amines is 1. The highest BCUT2D eigenvalue weighted by Gasteiger charge is 2.56. The van der Waals surface area contributed by atoms with E-state index in [1.165, 1.54) is 0 Å². The van der Waals surface area contributed by atoms with Crippen LogP contribution in [0.4, 0.5) is 0 Å². The van der Waals surface area contributed by atoms with Crippen molar-refractivity contribution in [2.75, 3.05) is 26.2 Å². The number of fused-ring (bicyclic) bond motifs is 1. The molecule has 0 aliphatic carbocycles. The molecule has 0 unspecified atom stereocenters. The summed E-state index contributed by atoms with van der Waals surface area (Å²) in [7, 11) is 0. The van der Waals surface area contributed by atoms with Crippen LogP contribution in [0.3, 0.4) is 0 Å². The van der Waals surface area contributed by atoms with Gasteiger partial charge in [0.15, 0.2) is 5.82 Å². The number of pyridine rings is 1. The molecule has 5 rings (SSSR count). The molecule has 0 radical (unpaired) electrons. The lowest BCUT2D eigenvalue weighted by atomic mass is 9.80. The van der Waals surface area contributed by atoms with Gasteiger partial charge in [-0.3, -0.25) is 19.8 Å². The second-order valence-electron chi connectivity index (χ2n) is 8.14. The van der Waals surface area contributed by atoms with Gasteiger partial charge in [-0.1, -0.05) is 24.3 Å². The van der Waals surface area contributed by atoms with Crippen LogP contribution in [0.25, 0.3) is 0 Å². The van der Waals surface area contributed by atoms with Crippen molar-refractivity contribution in [3.63, 3.8) is 0 Å². The molecular formula is C22H24N6O. The van der Waals surface area contributed by atoms with Crippen LogP contribution < -0.4 is 0 Å². The van der Waals surface area contributed by atoms with Gasteiger partial charge in [-0.15, -0.1) is 0 Å². The maximum atomic E-state index is 13.1. The molecule has 2 aromatic heterocycles. The molecule has 1 aromatic carbocycles. The minimum absolute atomic E-state index is 0.0860. The number of benzene rings is 1. The predicted molar refractivity (Wildman–Crippen MR) is 108 cm³/mol. The van der Waals surface area contributed by atoms with E-state index in [4.69, 9.17) is 0 Å². The van der Waals surface area contributed by atoms with E-state index in [9.17, 15) is 4.79 Å². The quantitative estimate of drug-likeness (QED) is 0.740. The van der Waals surface area contributed by atoms with Crippen molar-refractivity contribution in [2.45, 2.75) is 18.9 Å². The number of carbonyl (C=O) groups excluding carboxylic acids is 1. The largest absolute Gasteiger partial charge is 0.337 e. The van der Waals surface area contributed by atoms with Crippen LogP contribution in [0, 0.1) is 12.8 Å². The minimum atomic E-state index is -0.246. The van der Waals surface area contributed by atoms with Crippen LogP contribution in [0.5, 0.6) is 0 Å². The van der Waals surface area contributed by atoms with Crippen LogP contribution >= 0.6 is 0 Å². The summed E-state index contributed by atoms with van der Waals surface area (Å²) < 4.78 is 0. The Kier molecular flexibility index (Phi) is 4.39. The summed E-state index contributed by atoms with van der Waals surface area (Å²) >= 11 is 0. The normalized spacial score (nSPS) is 24.0. The highest BCUT2D eigenvalue weighted by molar-refractivity contribution is 5.94. The molecule has 3 aromatic rings. The lowest BCUT2D eigenvalue weighted by molar-refractivity contribution is 0.0769. The Morgan fingerprint density at radius 1 is 1.14 bits per heavy atom. The molecule has 4 heterocycles. The van der Waals surface area contributed by atoms with E-state index in [1.54, 1.807) is 0 Å². The van der Waals surface area contributed by atoms with Crippen molar-refractivity contribution >= 4 is 5.91 Å². The fourth-order valence-corrected chi connectivity index (χ4v) is 4.81. The number of nitrogens with one attached hydrogen (secondary N) is 1. The van der Waals surface area contributed by atoms with Crippen molar-refractivity contribution in [1.29, 1.82) is 0 Å². The number of amides is 1. The SMILES string of the molecule is Cc1nc([C@@]23CN(Cc4ccccn4)C[C@@H]2CN(C(=O)c2ccccc2)C3)n[nH]1. The summed E-state index contributed by atoms with van der Waals surface area (Å²) in [5.74, 6) is 2.02. The first-order chi connectivity index (χ1) is 14.1. The Balaban J connectivity index is 1.42. The molecule has 29 heavy (non-hydrogen) atoms. The first-order valence-corrected chi connectivity index (χ1v) is 10.0. The number of H-pyrrole nitrogens is 1. The van der Waals surface area contributed by atoms with E-state index < -0.39 is 0 Å². The van der Waals surface area contributed by atoms with Gasteiger partial charge in [-0.05, 0) is 31.2 Å². The Bertz CT molecular complexity index is 1000. The average Bonchev–Trinajstić information content (AvgIpc) is 3.41. The first-order valence-electron chi connectivity index (χ1n) is 10.0. The number of hydrogen-bond donors (Lipinski definition) is 1. The van der Waals surface area contributed by atoms with Gasteiger partial charge in [0, 0.05) is 50.4 Å². The molecule has 2 aliphatic heterocycles. The van der Waals surface area contributed by atoms with E-state index in [2.05, 4.69) is 31.1 Å². The third-order valence-corrected chi connectivity index (χ3v) is 6.14. The van der Waals surface area contributed by atoms with Crippen molar-refractivity contribution in [3.8, 4) is 0 Å². The minimum Gasteiger partial charge on any atom is -0.337 e. The zero-order valence-corrected chi connectivity index (χ0v) is 16.5. The van der Waals surface area contributed by atoms with Crippen LogP contribution in [-0.4, -0.2) is 62.1 Å². The molecule has 7 nitrogen and oxygen atoms in total. The van der Waals surface area contributed by atoms with Crippen molar-refractivity contribution in [2.24, 2.45) is 5.92 Å². The van der Waals surface area contributed by atoms with Gasteiger partial charge in [0.2, 0.25) is 0 Å². The summed E-state index contributed by atoms with van der Waals surface area (Å²) in [5, 5.41) is 7.52. The Labute approximate surface area is 169 Å². The summed E-state index contributed by atoms with van der Waals surface area (Å²) in [6, 6.07) is 15.5. The summed E-state index contributed by atoms with van der Waals surface area (Å²) in [4.78, 5) is 26.6. The zero-order valence-electron chi connectivity index (χ0n) is 16.5. The Hall–Kier alpha value is -3.06. The molecule has 7 heteroatoms. The van der Waals surface area contributed by atoms with Gasteiger partial charge >= 0.3 is 0 Å². The fraction of sp³-hybridized carbons (Fsp3) is 0.364. The second kappa shape index (κ2) is 7.08. The van der Waals surface area contributed by atoms with E-state index >= 15 is 0 Å². The highest BCUT2D eigenvalue weighted by atomic mass is 16.2. The predicted octanol–water partition coefficient (Wildman–Crippen LogP) is 2.03. The lowest BCUT2D eigenvalue weighted by Crippen LogP contribution is -2.40. The Morgan fingerprint density at radius 2 is 1.97 bits per heavy atom. The van der Waals surface area contributed by atoms with Gasteiger partial charge < -0.3 is 4.90 Å². The number of likely N-dealkylation sites (tertiary alicyclic amines) is 2. The lowest BCUT2D eigenvalue weighted by Gasteiger charge is -2.27. The molecule has 0 saturated carbocycles. The third-order valence-electron chi connectivity index (χ3n) is 6.14. The molecule has 0 spiro atoms. The van der Waals surface area contributed by atoms with Crippen LogP contribution in [0.1, 0.15) is 27.7 Å². The van der Waals surface area contributed by atoms with E-state index in [-0.39, 0.29) is 11.3 Å². The van der Waals surface area contributed by atoms with E-state index in [0.29, 0.717) is 12.5 Å². The van der Waals surface area contributed by atoms with Crippen molar-refractivity contribution < 1.29 is 4.79 Å². The molecule has 1 amide bonds. The molecule has 2 atom stereocenters. The molecule has 0 bridgehead atoms. The molecule has 148 valence electrons. The fourth-order valence-electron chi connectivity index (χ4n) is 4.81. The highest BCUT2D eigenvalue weighted by Crippen LogP contribution is 2.44. The molecular weight excluding hydrogens is 364 g/mol. The summed E-state index contributed by atoms with van der Waals surface area (Å²) in [6.45, 7) is 5.81. The van der Waals surface area contributed by atoms with Gasteiger partial charge in [0.05, 0.1) is 11.1 Å². The number of carbonyl (C=O) groups is 1. The maximum Gasteiger partial charge on any atom is 0.253 e. The van der Waals surface area contributed by atoms with Gasteiger partial charge in [0.1, 0.15) is 5.82 Å². The number of hydrogen-bond acceptors (Lipinski definition) is 5. The summed E-state index contributed by atoms with van der Waals surface area (Å²) in [5.41, 5.74) is 1.55. The standard InChI is InChI=1S/C22H24N6O/c1-16-24-21(26-25-16)22-14-27(13-19-9-5-6-10-23-19)11-18(22)12-28(15-22)20(29)17-7-3-2-4-8-17/h2-10,18H,11-15H2,1H3,(H,24,25,26)/t18-,22-/m1/s1. The van der Waals surface area contributed by atoms with Crippen molar-refractivity contribution in [1.82, 2.24) is 30.0 Å². The molecule has 2 aliphatic rings. The van der Waals surface area contributed by atoms with Gasteiger partial charge in [-0.2, -0.15) is 5.10 Å². The van der Waals surface area contributed by atoms with Crippen LogP contribution in [0.2, 0.25) is 0 Å². The topological polar surface area (TPSA) is 78.0 Å². The number of aryl methyl sites for hydroxylation is 1. The smallest absolute Gasteiger partial charge is 0.253 e. The van der Waals surface area contributed by atoms with Crippen LogP contribution in [-0.2, 0) is 12.0 Å². The average molecular weight is 388 g/mol. The number of aromatic nitrogens is 4. The Morgan fingerprint density at radius 3 is 2.69 bits per heavy atom. The van der Waals surface area contributed by atoms with E-state index in [0.717, 1.165) is 49.1 Å². The molecule has 2 fully saturated rings. The molecule has 2 saturated heterocycles. The van der Waals surface area contributed by atoms with Crippen molar-refractivity contribution in [3.05, 3.63) is 77.6 Å².